The number of halogens is 2. The Morgan fingerprint density at radius 3 is 2.88 bits per heavy atom. The van der Waals surface area contributed by atoms with Crippen LogP contribution in [0, 0.1) is 11.5 Å². The van der Waals surface area contributed by atoms with E-state index in [2.05, 4.69) is 17.0 Å². The number of rotatable bonds is 4. The molecule has 8 nitrogen and oxygen atoms in total. The quantitative estimate of drug-likeness (QED) is 0.474. The minimum Gasteiger partial charge on any atom is -0.445 e. The summed E-state index contributed by atoms with van der Waals surface area (Å²) >= 11 is 11.9. The van der Waals surface area contributed by atoms with E-state index in [0.717, 1.165) is 5.01 Å². The lowest BCUT2D eigenvalue weighted by molar-refractivity contribution is 0.155. The second kappa shape index (κ2) is 8.37. The molecule has 0 radical (unpaired) electrons. The number of ether oxygens (including phenoxy) is 1. The van der Waals surface area contributed by atoms with Gasteiger partial charge in [0.2, 0.25) is 0 Å². The predicted molar refractivity (Wildman–Crippen MR) is 92.3 cm³/mol. The van der Waals surface area contributed by atoms with Gasteiger partial charge in [-0.05, 0) is 12.1 Å². The van der Waals surface area contributed by atoms with Crippen LogP contribution in [0.5, 0.6) is 0 Å². The van der Waals surface area contributed by atoms with Crippen LogP contribution < -0.4 is 10.6 Å². The zero-order valence-corrected chi connectivity index (χ0v) is 14.3. The second-order valence-corrected chi connectivity index (χ2v) is 5.64. The van der Waals surface area contributed by atoms with Crippen LogP contribution in [0.4, 0.5) is 9.59 Å². The number of hydrazone groups is 1. The van der Waals surface area contributed by atoms with E-state index in [1.165, 1.54) is 12.3 Å². The van der Waals surface area contributed by atoms with E-state index in [0.29, 0.717) is 21.3 Å². The highest BCUT2D eigenvalue weighted by molar-refractivity contribution is 6.42. The maximum absolute atomic E-state index is 11.8. The van der Waals surface area contributed by atoms with Gasteiger partial charge in [-0.2, -0.15) is 10.4 Å². The molecule has 0 bridgehead atoms. The Hall–Kier alpha value is -2.76. The first-order valence-electron chi connectivity index (χ1n) is 7.01. The van der Waals surface area contributed by atoms with Crippen molar-refractivity contribution in [3.63, 3.8) is 0 Å². The minimum atomic E-state index is -0.719. The fraction of sp³-hybridized carbons (Fsp3) is 0.200. The summed E-state index contributed by atoms with van der Waals surface area (Å²) in [5.74, 6) is 0. The summed E-state index contributed by atoms with van der Waals surface area (Å²) in [4.78, 5) is 23.6. The molecule has 25 heavy (non-hydrogen) atoms. The third kappa shape index (κ3) is 4.62. The van der Waals surface area contributed by atoms with Crippen molar-refractivity contribution in [3.8, 4) is 6.19 Å². The van der Waals surface area contributed by atoms with E-state index in [1.807, 2.05) is 5.32 Å². The number of hydrogen-bond donors (Lipinski definition) is 2. The fourth-order valence-electron chi connectivity index (χ4n) is 2.09. The fourth-order valence-corrected chi connectivity index (χ4v) is 2.39. The SMILES string of the molecule is C=CCOC(=O)NC1CN(C(=O)NC#N)N=C1c1ccc(Cl)c(Cl)c1. The van der Waals surface area contributed by atoms with E-state index >= 15 is 0 Å². The van der Waals surface area contributed by atoms with Gasteiger partial charge in [0.1, 0.15) is 6.61 Å². The highest BCUT2D eigenvalue weighted by atomic mass is 35.5. The summed E-state index contributed by atoms with van der Waals surface area (Å²) < 4.78 is 4.88. The lowest BCUT2D eigenvalue weighted by Crippen LogP contribution is -2.44. The average molecular weight is 382 g/mol. The van der Waals surface area contributed by atoms with Gasteiger partial charge in [0.05, 0.1) is 28.3 Å². The zero-order valence-electron chi connectivity index (χ0n) is 12.8. The molecule has 1 aromatic rings. The van der Waals surface area contributed by atoms with Crippen molar-refractivity contribution < 1.29 is 14.3 Å². The van der Waals surface area contributed by atoms with E-state index in [-0.39, 0.29) is 13.2 Å². The molecule has 10 heteroatoms. The smallest absolute Gasteiger partial charge is 0.408 e. The first-order valence-corrected chi connectivity index (χ1v) is 7.76. The Labute approximate surface area is 153 Å². The molecule has 2 N–H and O–H groups in total. The maximum atomic E-state index is 11.8. The molecular weight excluding hydrogens is 369 g/mol. The van der Waals surface area contributed by atoms with Crippen molar-refractivity contribution in [2.45, 2.75) is 6.04 Å². The molecule has 0 aromatic heterocycles. The Morgan fingerprint density at radius 2 is 2.24 bits per heavy atom. The molecule has 0 aliphatic carbocycles. The number of carbonyl (C=O) groups excluding carboxylic acids is 2. The Bertz CT molecular complexity index is 775. The number of nitrogens with zero attached hydrogens (tertiary/aromatic N) is 3. The molecule has 1 atom stereocenters. The third-order valence-electron chi connectivity index (χ3n) is 3.15. The number of benzene rings is 1. The lowest BCUT2D eigenvalue weighted by atomic mass is 10.0. The number of amides is 3. The lowest BCUT2D eigenvalue weighted by Gasteiger charge is -2.15. The van der Waals surface area contributed by atoms with Crippen LogP contribution in [0.15, 0.2) is 36.0 Å². The molecule has 0 spiro atoms. The Morgan fingerprint density at radius 1 is 1.48 bits per heavy atom. The van der Waals surface area contributed by atoms with Gasteiger partial charge in [0.25, 0.3) is 0 Å². The Kier molecular flexibility index (Phi) is 6.22. The highest BCUT2D eigenvalue weighted by Crippen LogP contribution is 2.25. The summed E-state index contributed by atoms with van der Waals surface area (Å²) in [5, 5.41) is 19.0. The van der Waals surface area contributed by atoms with Gasteiger partial charge in [-0.1, -0.05) is 41.9 Å². The first-order chi connectivity index (χ1) is 12.0. The first kappa shape index (κ1) is 18.6. The van der Waals surface area contributed by atoms with Gasteiger partial charge in [0.15, 0.2) is 6.19 Å². The van der Waals surface area contributed by atoms with Crippen molar-refractivity contribution >= 4 is 41.0 Å². The van der Waals surface area contributed by atoms with Crippen molar-refractivity contribution in [3.05, 3.63) is 46.5 Å². The molecule has 3 amide bonds. The highest BCUT2D eigenvalue weighted by Gasteiger charge is 2.32. The molecule has 0 saturated heterocycles. The molecule has 1 aliphatic heterocycles. The van der Waals surface area contributed by atoms with E-state index in [1.54, 1.807) is 18.2 Å². The summed E-state index contributed by atoms with van der Waals surface area (Å²) in [5.41, 5.74) is 0.942. The molecule has 2 rings (SSSR count). The number of alkyl carbamates (subject to hydrolysis) is 1. The largest absolute Gasteiger partial charge is 0.445 e. The normalized spacial score (nSPS) is 15.8. The van der Waals surface area contributed by atoms with Crippen LogP contribution in [-0.4, -0.2) is 42.0 Å². The summed E-state index contributed by atoms with van der Waals surface area (Å²) in [6.45, 7) is 3.51. The Balaban J connectivity index is 2.27. The number of nitriles is 1. The van der Waals surface area contributed by atoms with E-state index in [4.69, 9.17) is 33.2 Å². The maximum Gasteiger partial charge on any atom is 0.408 e. The number of urea groups is 1. The van der Waals surface area contributed by atoms with Crippen LogP contribution in [0.1, 0.15) is 5.56 Å². The van der Waals surface area contributed by atoms with Crippen molar-refractivity contribution in [2.75, 3.05) is 13.2 Å². The molecule has 130 valence electrons. The van der Waals surface area contributed by atoms with Crippen LogP contribution in [-0.2, 0) is 4.74 Å². The summed E-state index contributed by atoms with van der Waals surface area (Å²) in [6, 6.07) is 3.43. The molecule has 0 fully saturated rings. The van der Waals surface area contributed by atoms with Crippen LogP contribution in [0.3, 0.4) is 0 Å². The molecule has 1 heterocycles. The number of nitrogens with one attached hydrogen (secondary N) is 2. The van der Waals surface area contributed by atoms with Crippen molar-refractivity contribution in [1.29, 1.82) is 5.26 Å². The standard InChI is InChI=1S/C15H13Cl2N5O3/c1-2-5-25-15(24)20-12-7-22(14(23)19-8-18)21-13(12)9-3-4-10(16)11(17)6-9/h2-4,6,12H,1,5,7H2,(H,19,23)(H,20,24). The minimum absolute atomic E-state index is 0.0201. The summed E-state index contributed by atoms with van der Waals surface area (Å²) in [6.07, 6.45) is 2.26. The van der Waals surface area contributed by atoms with Crippen molar-refractivity contribution in [1.82, 2.24) is 15.6 Å². The zero-order chi connectivity index (χ0) is 18.4. The molecular formula is C15H13Cl2N5O3. The average Bonchev–Trinajstić information content (AvgIpc) is 2.99. The van der Waals surface area contributed by atoms with Crippen LogP contribution in [0.2, 0.25) is 10.0 Å². The second-order valence-electron chi connectivity index (χ2n) is 4.82. The molecule has 1 aromatic carbocycles. The van der Waals surface area contributed by atoms with Gasteiger partial charge in [-0.15, -0.1) is 0 Å². The van der Waals surface area contributed by atoms with E-state index in [9.17, 15) is 9.59 Å². The molecule has 0 saturated carbocycles. The predicted octanol–water partition coefficient (Wildman–Crippen LogP) is 2.48. The van der Waals surface area contributed by atoms with Gasteiger partial charge in [-0.25, -0.2) is 19.9 Å². The molecule has 1 unspecified atom stereocenters. The monoisotopic (exact) mass is 381 g/mol. The third-order valence-corrected chi connectivity index (χ3v) is 3.89. The topological polar surface area (TPSA) is 107 Å². The van der Waals surface area contributed by atoms with E-state index < -0.39 is 18.2 Å². The molecule has 1 aliphatic rings. The van der Waals surface area contributed by atoms with Gasteiger partial charge >= 0.3 is 12.1 Å². The number of carbonyl (C=O) groups is 2. The van der Waals surface area contributed by atoms with Crippen molar-refractivity contribution in [2.24, 2.45) is 5.10 Å². The van der Waals surface area contributed by atoms with Gasteiger partial charge in [0, 0.05) is 5.56 Å². The number of hydrogen-bond acceptors (Lipinski definition) is 5. The summed E-state index contributed by atoms with van der Waals surface area (Å²) in [7, 11) is 0. The van der Waals surface area contributed by atoms with Gasteiger partial charge in [-0.3, -0.25) is 0 Å². The van der Waals surface area contributed by atoms with Gasteiger partial charge < -0.3 is 10.1 Å². The van der Waals surface area contributed by atoms with Crippen LogP contribution in [0.25, 0.3) is 0 Å². The van der Waals surface area contributed by atoms with Crippen LogP contribution >= 0.6 is 23.2 Å².